The third-order valence-electron chi connectivity index (χ3n) is 5.70. The Hall–Kier alpha value is -3.00. The number of hydrogen-bond donors (Lipinski definition) is 2. The number of ether oxygens (including phenoxy) is 1. The van der Waals surface area contributed by atoms with Crippen LogP contribution >= 0.6 is 0 Å². The molecule has 4 rings (SSSR count). The normalized spacial score (nSPS) is 20.5. The molecular formula is C23H29N5O3. The number of imidazole rings is 1. The Bertz CT molecular complexity index is 1040. The van der Waals surface area contributed by atoms with Crippen LogP contribution in [-0.2, 0) is 9.53 Å². The van der Waals surface area contributed by atoms with E-state index in [0.717, 1.165) is 48.4 Å². The quantitative estimate of drug-likeness (QED) is 0.617. The Labute approximate surface area is 181 Å². The Kier molecular flexibility index (Phi) is 5.91. The molecule has 3 aromatic heterocycles. The molecule has 31 heavy (non-hydrogen) atoms. The zero-order chi connectivity index (χ0) is 22.0. The third-order valence-corrected chi connectivity index (χ3v) is 5.70. The van der Waals surface area contributed by atoms with Gasteiger partial charge in [-0.25, -0.2) is 14.3 Å². The van der Waals surface area contributed by atoms with Gasteiger partial charge in [0.25, 0.3) is 0 Å². The Morgan fingerprint density at radius 3 is 2.52 bits per heavy atom. The number of rotatable bonds is 6. The molecule has 1 saturated carbocycles. The zero-order valence-electron chi connectivity index (χ0n) is 18.2. The predicted molar refractivity (Wildman–Crippen MR) is 118 cm³/mol. The average molecular weight is 424 g/mol. The lowest BCUT2D eigenvalue weighted by molar-refractivity contribution is -0.165. The van der Waals surface area contributed by atoms with Crippen LogP contribution in [0.25, 0.3) is 16.9 Å². The highest BCUT2D eigenvalue weighted by molar-refractivity contribution is 5.73. The molecule has 0 aliphatic heterocycles. The van der Waals surface area contributed by atoms with E-state index in [1.165, 1.54) is 0 Å². The number of nitrogens with zero attached hydrogens (tertiary/aromatic N) is 4. The maximum atomic E-state index is 11.6. The number of aromatic nitrogens is 4. The van der Waals surface area contributed by atoms with Crippen LogP contribution in [0.15, 0.2) is 42.9 Å². The molecule has 164 valence electrons. The number of pyridine rings is 1. The van der Waals surface area contributed by atoms with E-state index in [0.29, 0.717) is 0 Å². The fraction of sp³-hybridized carbons (Fsp3) is 0.478. The summed E-state index contributed by atoms with van der Waals surface area (Å²) in [5.41, 5.74) is 2.28. The molecule has 1 unspecified atom stereocenters. The lowest BCUT2D eigenvalue weighted by Gasteiger charge is -2.35. The van der Waals surface area contributed by atoms with Crippen LogP contribution in [0.5, 0.6) is 0 Å². The third kappa shape index (κ3) is 4.85. The molecule has 1 aliphatic rings. The van der Waals surface area contributed by atoms with Crippen molar-refractivity contribution in [3.05, 3.63) is 42.9 Å². The highest BCUT2D eigenvalue weighted by atomic mass is 16.5. The van der Waals surface area contributed by atoms with Crippen molar-refractivity contribution in [3.63, 3.8) is 0 Å². The molecule has 0 spiro atoms. The molecule has 1 fully saturated rings. The molecule has 2 N–H and O–H groups in total. The summed E-state index contributed by atoms with van der Waals surface area (Å²) in [7, 11) is 0. The summed E-state index contributed by atoms with van der Waals surface area (Å²) < 4.78 is 7.81. The van der Waals surface area contributed by atoms with E-state index in [4.69, 9.17) is 9.84 Å². The fourth-order valence-corrected chi connectivity index (χ4v) is 4.05. The number of aliphatic carboxylic acids is 1. The Morgan fingerprint density at radius 1 is 1.16 bits per heavy atom. The molecule has 3 aromatic rings. The lowest BCUT2D eigenvalue weighted by Crippen LogP contribution is -2.41. The smallest absolute Gasteiger partial charge is 0.333 e. The predicted octanol–water partition coefficient (Wildman–Crippen LogP) is 4.03. The molecule has 1 aliphatic carbocycles. The van der Waals surface area contributed by atoms with E-state index in [1.54, 1.807) is 12.4 Å². The monoisotopic (exact) mass is 423 g/mol. The maximum absolute atomic E-state index is 11.6. The first-order valence-corrected chi connectivity index (χ1v) is 10.7. The van der Waals surface area contributed by atoms with Gasteiger partial charge in [0.15, 0.2) is 11.8 Å². The van der Waals surface area contributed by atoms with E-state index < -0.39 is 17.5 Å². The highest BCUT2D eigenvalue weighted by Gasteiger charge is 2.35. The minimum atomic E-state index is -0.893. The van der Waals surface area contributed by atoms with Gasteiger partial charge in [-0.2, -0.15) is 0 Å². The molecule has 0 radical (unpaired) electrons. The summed E-state index contributed by atoms with van der Waals surface area (Å²) in [4.78, 5) is 20.1. The van der Waals surface area contributed by atoms with Crippen molar-refractivity contribution in [2.24, 2.45) is 5.41 Å². The first-order valence-electron chi connectivity index (χ1n) is 10.7. The second-order valence-corrected chi connectivity index (χ2v) is 9.21. The average Bonchev–Trinajstić information content (AvgIpc) is 3.16. The second kappa shape index (κ2) is 8.63. The van der Waals surface area contributed by atoms with E-state index in [-0.39, 0.29) is 12.1 Å². The summed E-state index contributed by atoms with van der Waals surface area (Å²) in [6, 6.07) is 8.05. The summed E-state index contributed by atoms with van der Waals surface area (Å²) in [5, 5.41) is 17.8. The minimum absolute atomic E-state index is 0.0271. The van der Waals surface area contributed by atoms with Gasteiger partial charge in [0.2, 0.25) is 0 Å². The number of carbonyl (C=O) groups is 1. The Balaban J connectivity index is 1.40. The van der Waals surface area contributed by atoms with Crippen molar-refractivity contribution in [2.75, 3.05) is 5.32 Å². The zero-order valence-corrected chi connectivity index (χ0v) is 18.2. The SMILES string of the molecule is CC(C)(C)C(O[C@H]1CC[C@H](Nc2ccc3ncc(-c4ccncc4)n3n2)CC1)C(=O)O. The summed E-state index contributed by atoms with van der Waals surface area (Å²) in [6.07, 6.45) is 7.97. The van der Waals surface area contributed by atoms with Gasteiger partial charge in [-0.15, -0.1) is 5.10 Å². The largest absolute Gasteiger partial charge is 0.479 e. The topological polar surface area (TPSA) is 102 Å². The van der Waals surface area contributed by atoms with Gasteiger partial charge in [0.05, 0.1) is 18.0 Å². The summed E-state index contributed by atoms with van der Waals surface area (Å²) in [5.74, 6) is -0.0983. The highest BCUT2D eigenvalue weighted by Crippen LogP contribution is 2.30. The van der Waals surface area contributed by atoms with Crippen LogP contribution in [0.2, 0.25) is 0 Å². The maximum Gasteiger partial charge on any atom is 0.333 e. The van der Waals surface area contributed by atoms with Crippen LogP contribution in [0.1, 0.15) is 46.5 Å². The number of fused-ring (bicyclic) bond motifs is 1. The van der Waals surface area contributed by atoms with E-state index in [9.17, 15) is 9.90 Å². The van der Waals surface area contributed by atoms with Crippen LogP contribution in [0.3, 0.4) is 0 Å². The van der Waals surface area contributed by atoms with Crippen LogP contribution in [-0.4, -0.2) is 48.9 Å². The van der Waals surface area contributed by atoms with Gasteiger partial charge in [-0.1, -0.05) is 20.8 Å². The van der Waals surface area contributed by atoms with Crippen molar-refractivity contribution in [3.8, 4) is 11.3 Å². The van der Waals surface area contributed by atoms with Gasteiger partial charge in [0.1, 0.15) is 5.82 Å². The van der Waals surface area contributed by atoms with Gasteiger partial charge in [-0.3, -0.25) is 4.98 Å². The molecular weight excluding hydrogens is 394 g/mol. The fourth-order valence-electron chi connectivity index (χ4n) is 4.05. The number of carboxylic acids is 1. The summed E-state index contributed by atoms with van der Waals surface area (Å²) in [6.45, 7) is 5.70. The molecule has 8 heteroatoms. The molecule has 8 nitrogen and oxygen atoms in total. The van der Waals surface area contributed by atoms with Crippen LogP contribution in [0, 0.1) is 5.41 Å². The molecule has 1 atom stereocenters. The number of hydrogen-bond acceptors (Lipinski definition) is 6. The second-order valence-electron chi connectivity index (χ2n) is 9.21. The molecule has 0 amide bonds. The van der Waals surface area contributed by atoms with Gasteiger partial charge in [0, 0.05) is 24.0 Å². The van der Waals surface area contributed by atoms with E-state index in [1.807, 2.05) is 55.7 Å². The molecule has 0 bridgehead atoms. The van der Waals surface area contributed by atoms with Crippen molar-refractivity contribution < 1.29 is 14.6 Å². The van der Waals surface area contributed by atoms with Crippen molar-refractivity contribution >= 4 is 17.4 Å². The number of carboxylic acid groups (broad SMARTS) is 1. The van der Waals surface area contributed by atoms with Gasteiger partial charge >= 0.3 is 5.97 Å². The minimum Gasteiger partial charge on any atom is -0.479 e. The van der Waals surface area contributed by atoms with Crippen molar-refractivity contribution in [1.82, 2.24) is 19.6 Å². The van der Waals surface area contributed by atoms with Gasteiger partial charge < -0.3 is 15.2 Å². The van der Waals surface area contributed by atoms with E-state index >= 15 is 0 Å². The van der Waals surface area contributed by atoms with Crippen LogP contribution < -0.4 is 5.32 Å². The summed E-state index contributed by atoms with van der Waals surface area (Å²) >= 11 is 0. The molecule has 3 heterocycles. The van der Waals surface area contributed by atoms with E-state index in [2.05, 4.69) is 15.3 Å². The lowest BCUT2D eigenvalue weighted by atomic mass is 9.87. The molecule has 0 saturated heterocycles. The first kappa shape index (κ1) is 21.2. The van der Waals surface area contributed by atoms with Gasteiger partial charge in [-0.05, 0) is 55.4 Å². The van der Waals surface area contributed by atoms with Crippen molar-refractivity contribution in [1.29, 1.82) is 0 Å². The first-order chi connectivity index (χ1) is 14.8. The number of nitrogens with one attached hydrogen (secondary N) is 1. The standard InChI is InChI=1S/C23H29N5O3/c1-23(2,3)21(22(29)30)31-17-6-4-16(5-7-17)26-19-8-9-20-25-14-18(28(20)27-19)15-10-12-24-13-11-15/h8-14,16-17,21H,4-7H2,1-3H3,(H,26,27)(H,29,30)/t16-,17-,21?. The van der Waals surface area contributed by atoms with Crippen molar-refractivity contribution in [2.45, 2.75) is 64.7 Å². The number of anilines is 1. The molecule has 0 aromatic carbocycles. The Morgan fingerprint density at radius 2 is 1.87 bits per heavy atom. The van der Waals surface area contributed by atoms with Crippen LogP contribution in [0.4, 0.5) is 5.82 Å².